The largest absolute Gasteiger partial charge is 0.467 e. The zero-order valence-corrected chi connectivity index (χ0v) is 13.4. The Bertz CT molecular complexity index is 642. The van der Waals surface area contributed by atoms with E-state index in [-0.39, 0.29) is 18.7 Å². The van der Waals surface area contributed by atoms with Crippen LogP contribution < -0.4 is 0 Å². The van der Waals surface area contributed by atoms with E-state index in [1.165, 1.54) is 12.0 Å². The summed E-state index contributed by atoms with van der Waals surface area (Å²) in [5, 5.41) is 9.81. The van der Waals surface area contributed by atoms with Crippen molar-refractivity contribution in [1.29, 1.82) is 5.26 Å². The van der Waals surface area contributed by atoms with Crippen LogP contribution in [0.4, 0.5) is 0 Å². The fourth-order valence-corrected chi connectivity index (χ4v) is 2.95. The van der Waals surface area contributed by atoms with Gasteiger partial charge >= 0.3 is 5.97 Å². The van der Waals surface area contributed by atoms with E-state index >= 15 is 0 Å². The van der Waals surface area contributed by atoms with Gasteiger partial charge in [-0.3, -0.25) is 4.79 Å². The Morgan fingerprint density at radius 3 is 2.82 bits per heavy atom. The molecule has 0 N–H and O–H groups in total. The fraction of sp³-hybridized carbons (Fsp3) is 0.400. The van der Waals surface area contributed by atoms with Crippen LogP contribution in [0.1, 0.15) is 30.9 Å². The molecule has 5 nitrogen and oxygen atoms in total. The average molecular weight is 341 g/mol. The van der Waals surface area contributed by atoms with Crippen LogP contribution in [0.25, 0.3) is 0 Å². The van der Waals surface area contributed by atoms with E-state index in [9.17, 15) is 9.59 Å². The molecule has 116 valence electrons. The first kappa shape index (κ1) is 16.6. The van der Waals surface area contributed by atoms with Crippen LogP contribution in [0.15, 0.2) is 18.2 Å². The summed E-state index contributed by atoms with van der Waals surface area (Å²) in [6.45, 7) is 0. The van der Waals surface area contributed by atoms with E-state index in [4.69, 9.17) is 33.2 Å². The predicted octanol–water partition coefficient (Wildman–Crippen LogP) is 3.11. The maximum Gasteiger partial charge on any atom is 0.328 e. The second-order valence-electron chi connectivity index (χ2n) is 4.93. The van der Waals surface area contributed by atoms with Crippen molar-refractivity contribution in [2.24, 2.45) is 0 Å². The number of benzene rings is 1. The van der Waals surface area contributed by atoms with Gasteiger partial charge in [-0.1, -0.05) is 29.3 Å². The number of hydrogen-bond donors (Lipinski definition) is 0. The molecule has 1 aromatic carbocycles. The van der Waals surface area contributed by atoms with Gasteiger partial charge in [0, 0.05) is 6.42 Å². The van der Waals surface area contributed by atoms with E-state index in [0.717, 1.165) is 0 Å². The lowest BCUT2D eigenvalue weighted by Crippen LogP contribution is -2.41. The zero-order valence-electron chi connectivity index (χ0n) is 11.9. The number of nitrogens with zero attached hydrogens (tertiary/aromatic N) is 2. The van der Waals surface area contributed by atoms with E-state index < -0.39 is 18.1 Å². The molecule has 1 saturated heterocycles. The second-order valence-corrected chi connectivity index (χ2v) is 5.74. The Balaban J connectivity index is 2.41. The first-order valence-electron chi connectivity index (χ1n) is 6.70. The minimum Gasteiger partial charge on any atom is -0.467 e. The molecule has 0 spiro atoms. The molecular formula is C15H14Cl2N2O3. The third-order valence-corrected chi connectivity index (χ3v) is 4.42. The van der Waals surface area contributed by atoms with Crippen molar-refractivity contribution in [3.05, 3.63) is 33.8 Å². The highest BCUT2D eigenvalue weighted by Crippen LogP contribution is 2.35. The quantitative estimate of drug-likeness (QED) is 0.789. The van der Waals surface area contributed by atoms with E-state index in [1.807, 2.05) is 0 Å². The smallest absolute Gasteiger partial charge is 0.328 e. The number of rotatable bonds is 4. The summed E-state index contributed by atoms with van der Waals surface area (Å²) in [7, 11) is 1.28. The standard InChI is InChI=1S/C15H14Cl2N2O3/c1-22-15(21)13-4-5-14(20)19(13)12(6-7-18)9-2-3-10(16)11(17)8-9/h2-3,8,12-13H,4-6H2,1H3. The summed E-state index contributed by atoms with van der Waals surface area (Å²) in [5.41, 5.74) is 0.667. The Kier molecular flexibility index (Phi) is 5.28. The van der Waals surface area contributed by atoms with E-state index in [1.54, 1.807) is 18.2 Å². The molecule has 7 heteroatoms. The number of carbonyl (C=O) groups is 2. The molecule has 1 fully saturated rings. The van der Waals surface area contributed by atoms with Crippen LogP contribution in [0.2, 0.25) is 10.0 Å². The lowest BCUT2D eigenvalue weighted by atomic mass is 10.0. The molecule has 2 rings (SSSR count). The van der Waals surface area contributed by atoms with Crippen LogP contribution in [0, 0.1) is 11.3 Å². The van der Waals surface area contributed by atoms with Gasteiger partial charge < -0.3 is 9.64 Å². The molecule has 2 unspecified atom stereocenters. The summed E-state index contributed by atoms with van der Waals surface area (Å²) in [6, 6.07) is 5.75. The molecule has 22 heavy (non-hydrogen) atoms. The lowest BCUT2D eigenvalue weighted by molar-refractivity contribution is -0.150. The van der Waals surface area contributed by atoms with Crippen molar-refractivity contribution >= 4 is 35.1 Å². The molecule has 1 heterocycles. The number of likely N-dealkylation sites (tertiary alicyclic amines) is 1. The van der Waals surface area contributed by atoms with Gasteiger partial charge in [0.2, 0.25) is 5.91 Å². The van der Waals surface area contributed by atoms with Crippen LogP contribution in [0.5, 0.6) is 0 Å². The van der Waals surface area contributed by atoms with Crippen molar-refractivity contribution in [1.82, 2.24) is 4.90 Å². The highest BCUT2D eigenvalue weighted by Gasteiger charge is 2.41. The molecule has 1 aliphatic rings. The van der Waals surface area contributed by atoms with E-state index in [2.05, 4.69) is 6.07 Å². The average Bonchev–Trinajstić information content (AvgIpc) is 2.88. The molecular weight excluding hydrogens is 327 g/mol. The third-order valence-electron chi connectivity index (χ3n) is 3.68. The Labute approximate surface area is 138 Å². The summed E-state index contributed by atoms with van der Waals surface area (Å²) < 4.78 is 4.76. The number of nitriles is 1. The number of hydrogen-bond acceptors (Lipinski definition) is 4. The Hall–Kier alpha value is -1.77. The summed E-state index contributed by atoms with van der Waals surface area (Å²) >= 11 is 11.9. The van der Waals surface area contributed by atoms with Gasteiger partial charge in [0.05, 0.1) is 35.7 Å². The molecule has 1 aliphatic heterocycles. The molecule has 0 saturated carbocycles. The molecule has 0 radical (unpaired) electrons. The Morgan fingerprint density at radius 2 is 2.23 bits per heavy atom. The van der Waals surface area contributed by atoms with Gasteiger partial charge in [-0.25, -0.2) is 4.79 Å². The molecule has 0 aliphatic carbocycles. The fourth-order valence-electron chi connectivity index (χ4n) is 2.64. The summed E-state index contributed by atoms with van der Waals surface area (Å²) in [6.07, 6.45) is 0.689. The van der Waals surface area contributed by atoms with Crippen molar-refractivity contribution in [2.75, 3.05) is 7.11 Å². The maximum absolute atomic E-state index is 12.2. The van der Waals surface area contributed by atoms with Crippen LogP contribution in [-0.2, 0) is 14.3 Å². The second kappa shape index (κ2) is 6.99. The first-order valence-corrected chi connectivity index (χ1v) is 7.46. The van der Waals surface area contributed by atoms with Crippen molar-refractivity contribution in [2.45, 2.75) is 31.3 Å². The first-order chi connectivity index (χ1) is 10.5. The van der Waals surface area contributed by atoms with Crippen LogP contribution in [0.3, 0.4) is 0 Å². The number of halogens is 2. The van der Waals surface area contributed by atoms with Gasteiger partial charge in [-0.15, -0.1) is 0 Å². The van der Waals surface area contributed by atoms with Gasteiger partial charge in [0.25, 0.3) is 0 Å². The van der Waals surface area contributed by atoms with E-state index in [0.29, 0.717) is 22.0 Å². The van der Waals surface area contributed by atoms with Crippen molar-refractivity contribution < 1.29 is 14.3 Å². The van der Waals surface area contributed by atoms with Crippen molar-refractivity contribution in [3.63, 3.8) is 0 Å². The highest BCUT2D eigenvalue weighted by atomic mass is 35.5. The molecule has 1 aromatic rings. The minimum absolute atomic E-state index is 0.0528. The number of amides is 1. The molecule has 0 bridgehead atoms. The normalized spacial score (nSPS) is 18.9. The molecule has 2 atom stereocenters. The van der Waals surface area contributed by atoms with Crippen LogP contribution >= 0.6 is 23.2 Å². The highest BCUT2D eigenvalue weighted by molar-refractivity contribution is 6.42. The summed E-state index contributed by atoms with van der Waals surface area (Å²) in [5.74, 6) is -0.657. The SMILES string of the molecule is COC(=O)C1CCC(=O)N1C(CC#N)c1ccc(Cl)c(Cl)c1. The van der Waals surface area contributed by atoms with Gasteiger partial charge in [-0.2, -0.15) is 5.26 Å². The minimum atomic E-state index is -0.676. The van der Waals surface area contributed by atoms with Gasteiger partial charge in [0.15, 0.2) is 0 Å². The van der Waals surface area contributed by atoms with Gasteiger partial charge in [-0.05, 0) is 24.1 Å². The topological polar surface area (TPSA) is 70.4 Å². The lowest BCUT2D eigenvalue weighted by Gasteiger charge is -2.31. The molecule has 0 aromatic heterocycles. The number of carbonyl (C=O) groups excluding carboxylic acids is 2. The number of methoxy groups -OCH3 is 1. The van der Waals surface area contributed by atoms with Crippen molar-refractivity contribution in [3.8, 4) is 6.07 Å². The van der Waals surface area contributed by atoms with Gasteiger partial charge in [0.1, 0.15) is 6.04 Å². The Morgan fingerprint density at radius 1 is 1.50 bits per heavy atom. The third kappa shape index (κ3) is 3.18. The maximum atomic E-state index is 12.2. The number of esters is 1. The zero-order chi connectivity index (χ0) is 16.3. The summed E-state index contributed by atoms with van der Waals surface area (Å²) in [4.78, 5) is 25.5. The molecule has 1 amide bonds. The predicted molar refractivity (Wildman–Crippen MR) is 81.3 cm³/mol. The van der Waals surface area contributed by atoms with Crippen LogP contribution in [-0.4, -0.2) is 29.9 Å². The number of ether oxygens (including phenoxy) is 1. The monoisotopic (exact) mass is 340 g/mol.